The SMILES string of the molecule is COc1cc(C(=O)N2CCc3ccc(N4CCOCC4)cc32)cc(OC)c1OC. The minimum Gasteiger partial charge on any atom is -0.493 e. The maximum atomic E-state index is 13.4. The number of rotatable bonds is 5. The van der Waals surface area contributed by atoms with Crippen molar-refractivity contribution in [2.45, 2.75) is 6.42 Å². The molecule has 1 amide bonds. The number of fused-ring (bicyclic) bond motifs is 1. The normalized spacial score (nSPS) is 15.8. The molecule has 4 rings (SSSR count). The van der Waals surface area contributed by atoms with Gasteiger partial charge in [0.1, 0.15) is 0 Å². The van der Waals surface area contributed by atoms with Crippen molar-refractivity contribution in [3.63, 3.8) is 0 Å². The van der Waals surface area contributed by atoms with Gasteiger partial charge in [0.05, 0.1) is 34.5 Å². The quantitative estimate of drug-likeness (QED) is 0.772. The molecule has 1 saturated heterocycles. The van der Waals surface area contributed by atoms with E-state index in [0.717, 1.165) is 44.1 Å². The molecule has 0 N–H and O–H groups in total. The lowest BCUT2D eigenvalue weighted by atomic mass is 10.1. The Morgan fingerprint density at radius 1 is 0.931 bits per heavy atom. The molecule has 0 spiro atoms. The third kappa shape index (κ3) is 3.58. The molecule has 2 aliphatic heterocycles. The predicted octanol–water partition coefficient (Wildman–Crippen LogP) is 2.75. The third-order valence-corrected chi connectivity index (χ3v) is 5.50. The van der Waals surface area contributed by atoms with Crippen LogP contribution in [0.3, 0.4) is 0 Å². The number of benzene rings is 2. The average molecular weight is 398 g/mol. The van der Waals surface area contributed by atoms with Gasteiger partial charge < -0.3 is 28.7 Å². The van der Waals surface area contributed by atoms with Crippen molar-refractivity contribution in [3.8, 4) is 17.2 Å². The van der Waals surface area contributed by atoms with Gasteiger partial charge >= 0.3 is 0 Å². The molecule has 0 bridgehead atoms. The molecule has 0 unspecified atom stereocenters. The van der Waals surface area contributed by atoms with Crippen molar-refractivity contribution in [2.24, 2.45) is 0 Å². The highest BCUT2D eigenvalue weighted by atomic mass is 16.5. The van der Waals surface area contributed by atoms with E-state index in [0.29, 0.717) is 29.4 Å². The Bertz CT molecular complexity index is 883. The van der Waals surface area contributed by atoms with Crippen LogP contribution in [0, 0.1) is 0 Å². The monoisotopic (exact) mass is 398 g/mol. The Kier molecular flexibility index (Phi) is 5.49. The number of carbonyl (C=O) groups is 1. The molecular formula is C22H26N2O5. The van der Waals surface area contributed by atoms with E-state index in [1.54, 1.807) is 33.5 Å². The van der Waals surface area contributed by atoms with Crippen molar-refractivity contribution in [1.82, 2.24) is 0 Å². The summed E-state index contributed by atoms with van der Waals surface area (Å²) in [5, 5.41) is 0. The van der Waals surface area contributed by atoms with Crippen LogP contribution in [-0.4, -0.2) is 60.1 Å². The van der Waals surface area contributed by atoms with Crippen molar-refractivity contribution in [2.75, 3.05) is 64.0 Å². The minimum absolute atomic E-state index is 0.0814. The summed E-state index contributed by atoms with van der Waals surface area (Å²) in [6.07, 6.45) is 0.842. The molecule has 0 atom stereocenters. The first-order chi connectivity index (χ1) is 14.2. The van der Waals surface area contributed by atoms with E-state index in [2.05, 4.69) is 23.1 Å². The van der Waals surface area contributed by atoms with Crippen LogP contribution in [0.2, 0.25) is 0 Å². The maximum absolute atomic E-state index is 13.4. The van der Waals surface area contributed by atoms with Crippen LogP contribution in [0.25, 0.3) is 0 Å². The van der Waals surface area contributed by atoms with E-state index < -0.39 is 0 Å². The van der Waals surface area contributed by atoms with Crippen molar-refractivity contribution < 1.29 is 23.7 Å². The van der Waals surface area contributed by atoms with Crippen LogP contribution in [-0.2, 0) is 11.2 Å². The van der Waals surface area contributed by atoms with Gasteiger partial charge in [-0.2, -0.15) is 0 Å². The fraction of sp³-hybridized carbons (Fsp3) is 0.409. The van der Waals surface area contributed by atoms with Gasteiger partial charge in [0.2, 0.25) is 5.75 Å². The van der Waals surface area contributed by atoms with Crippen LogP contribution < -0.4 is 24.0 Å². The lowest BCUT2D eigenvalue weighted by molar-refractivity contribution is 0.0988. The van der Waals surface area contributed by atoms with Crippen molar-refractivity contribution in [3.05, 3.63) is 41.5 Å². The Labute approximate surface area is 170 Å². The fourth-order valence-electron chi connectivity index (χ4n) is 3.96. The van der Waals surface area contributed by atoms with Gasteiger partial charge in [-0.15, -0.1) is 0 Å². The molecular weight excluding hydrogens is 372 g/mol. The molecule has 0 aliphatic carbocycles. The highest BCUT2D eigenvalue weighted by Gasteiger charge is 2.28. The average Bonchev–Trinajstić information content (AvgIpc) is 3.21. The van der Waals surface area contributed by atoms with Crippen LogP contribution in [0.4, 0.5) is 11.4 Å². The summed E-state index contributed by atoms with van der Waals surface area (Å²) in [6.45, 7) is 3.83. The molecule has 0 radical (unpaired) electrons. The van der Waals surface area contributed by atoms with E-state index in [4.69, 9.17) is 18.9 Å². The summed E-state index contributed by atoms with van der Waals surface area (Å²) >= 11 is 0. The largest absolute Gasteiger partial charge is 0.493 e. The summed E-state index contributed by atoms with van der Waals surface area (Å²) in [4.78, 5) is 17.5. The smallest absolute Gasteiger partial charge is 0.258 e. The zero-order valence-corrected chi connectivity index (χ0v) is 17.1. The lowest BCUT2D eigenvalue weighted by Crippen LogP contribution is -2.36. The highest BCUT2D eigenvalue weighted by Crippen LogP contribution is 2.40. The van der Waals surface area contributed by atoms with E-state index in [1.165, 1.54) is 5.56 Å². The summed E-state index contributed by atoms with van der Waals surface area (Å²) in [7, 11) is 4.64. The van der Waals surface area contributed by atoms with Crippen LogP contribution >= 0.6 is 0 Å². The second-order valence-corrected chi connectivity index (χ2v) is 7.03. The number of hydrogen-bond acceptors (Lipinski definition) is 6. The first-order valence-corrected chi connectivity index (χ1v) is 9.73. The standard InChI is InChI=1S/C22H26N2O5/c1-26-19-12-16(13-20(27-2)21(19)28-3)22(25)24-7-6-15-4-5-17(14-18(15)24)23-8-10-29-11-9-23/h4-5,12-14H,6-11H2,1-3H3. The Hall–Kier alpha value is -2.93. The predicted molar refractivity (Wildman–Crippen MR) is 111 cm³/mol. The number of amides is 1. The summed E-state index contributed by atoms with van der Waals surface area (Å²) in [5.74, 6) is 1.33. The molecule has 29 heavy (non-hydrogen) atoms. The van der Waals surface area contributed by atoms with Gasteiger partial charge in [0, 0.05) is 36.6 Å². The molecule has 0 saturated carbocycles. The molecule has 7 heteroatoms. The molecule has 154 valence electrons. The summed E-state index contributed by atoms with van der Waals surface area (Å²) < 4.78 is 21.6. The third-order valence-electron chi connectivity index (χ3n) is 5.50. The zero-order valence-electron chi connectivity index (χ0n) is 17.1. The first kappa shape index (κ1) is 19.4. The second-order valence-electron chi connectivity index (χ2n) is 7.03. The summed E-state index contributed by atoms with van der Waals surface area (Å²) in [6, 6.07) is 9.78. The van der Waals surface area contributed by atoms with Crippen molar-refractivity contribution in [1.29, 1.82) is 0 Å². The fourth-order valence-corrected chi connectivity index (χ4v) is 3.96. The van der Waals surface area contributed by atoms with Gasteiger partial charge in [-0.1, -0.05) is 6.07 Å². The molecule has 2 aromatic carbocycles. The first-order valence-electron chi connectivity index (χ1n) is 9.73. The van der Waals surface area contributed by atoms with Crippen LogP contribution in [0.5, 0.6) is 17.2 Å². The number of methoxy groups -OCH3 is 3. The van der Waals surface area contributed by atoms with Gasteiger partial charge in [0.15, 0.2) is 11.5 Å². The molecule has 1 fully saturated rings. The topological polar surface area (TPSA) is 60.5 Å². The maximum Gasteiger partial charge on any atom is 0.258 e. The summed E-state index contributed by atoms with van der Waals surface area (Å²) in [5.41, 5.74) is 3.77. The molecule has 0 aromatic heterocycles. The minimum atomic E-state index is -0.0814. The zero-order chi connectivity index (χ0) is 20.4. The van der Waals surface area contributed by atoms with Gasteiger partial charge in [0.25, 0.3) is 5.91 Å². The molecule has 7 nitrogen and oxygen atoms in total. The number of nitrogens with zero attached hydrogens (tertiary/aromatic N) is 2. The molecule has 2 aliphatic rings. The Morgan fingerprint density at radius 3 is 2.24 bits per heavy atom. The Morgan fingerprint density at radius 2 is 1.62 bits per heavy atom. The van der Waals surface area contributed by atoms with E-state index in [9.17, 15) is 4.79 Å². The Balaban J connectivity index is 1.66. The van der Waals surface area contributed by atoms with Crippen LogP contribution in [0.1, 0.15) is 15.9 Å². The molecule has 2 heterocycles. The van der Waals surface area contributed by atoms with Crippen molar-refractivity contribution >= 4 is 17.3 Å². The number of ether oxygens (including phenoxy) is 4. The number of morpholine rings is 1. The number of anilines is 2. The van der Waals surface area contributed by atoms with E-state index >= 15 is 0 Å². The molecule has 2 aromatic rings. The highest BCUT2D eigenvalue weighted by molar-refractivity contribution is 6.08. The number of carbonyl (C=O) groups excluding carboxylic acids is 1. The van der Waals surface area contributed by atoms with Gasteiger partial charge in [-0.25, -0.2) is 0 Å². The van der Waals surface area contributed by atoms with E-state index in [1.807, 2.05) is 4.90 Å². The van der Waals surface area contributed by atoms with E-state index in [-0.39, 0.29) is 5.91 Å². The lowest BCUT2D eigenvalue weighted by Gasteiger charge is -2.29. The number of hydrogen-bond donors (Lipinski definition) is 0. The van der Waals surface area contributed by atoms with Crippen LogP contribution in [0.15, 0.2) is 30.3 Å². The van der Waals surface area contributed by atoms with Gasteiger partial charge in [-0.05, 0) is 36.2 Å². The second kappa shape index (κ2) is 8.21. The van der Waals surface area contributed by atoms with Gasteiger partial charge in [-0.3, -0.25) is 4.79 Å².